The summed E-state index contributed by atoms with van der Waals surface area (Å²) in [5.41, 5.74) is 0. The quantitative estimate of drug-likeness (QED) is 0.875. The number of hydrogen-bond donors (Lipinski definition) is 2. The van der Waals surface area contributed by atoms with Gasteiger partial charge in [0.1, 0.15) is 4.60 Å². The first-order chi connectivity index (χ1) is 6.08. The van der Waals surface area contributed by atoms with Crippen molar-refractivity contribution in [2.45, 2.75) is 19.4 Å². The van der Waals surface area contributed by atoms with Crippen molar-refractivity contribution >= 4 is 38.4 Å². The fraction of sp³-hybridized carbons (Fsp3) is 0.429. The van der Waals surface area contributed by atoms with Gasteiger partial charge in [-0.1, -0.05) is 0 Å². The summed E-state index contributed by atoms with van der Waals surface area (Å²) >= 11 is 4.66. The van der Waals surface area contributed by atoms with Crippen LogP contribution in [0.2, 0.25) is 0 Å². The Balaban J connectivity index is 2.44. The number of hydrogen-bond acceptors (Lipinski definition) is 4. The highest BCUT2D eigenvalue weighted by molar-refractivity contribution is 9.10. The van der Waals surface area contributed by atoms with Crippen molar-refractivity contribution in [1.82, 2.24) is 4.98 Å². The van der Waals surface area contributed by atoms with Crippen molar-refractivity contribution in [3.63, 3.8) is 0 Å². The molecule has 0 aromatic carbocycles. The molecular weight excluding hydrogens is 256 g/mol. The zero-order valence-electron chi connectivity index (χ0n) is 6.95. The summed E-state index contributed by atoms with van der Waals surface area (Å²) in [6.45, 7) is 1.81. The molecule has 0 aliphatic rings. The van der Waals surface area contributed by atoms with Crippen molar-refractivity contribution in [2.75, 3.05) is 5.32 Å². The number of nitrogens with zero attached hydrogens (tertiary/aromatic N) is 1. The number of carbonyl (C=O) groups is 1. The first kappa shape index (κ1) is 10.5. The molecule has 0 spiro atoms. The lowest BCUT2D eigenvalue weighted by Gasteiger charge is -2.08. The molecule has 0 bridgehead atoms. The van der Waals surface area contributed by atoms with E-state index in [9.17, 15) is 4.79 Å². The summed E-state index contributed by atoms with van der Waals surface area (Å²) in [6.07, 6.45) is 0.0944. The summed E-state index contributed by atoms with van der Waals surface area (Å²) in [7, 11) is 0. The number of carboxylic acid groups (broad SMARTS) is 1. The van der Waals surface area contributed by atoms with Crippen LogP contribution < -0.4 is 5.32 Å². The molecule has 6 heteroatoms. The molecule has 0 fully saturated rings. The third-order valence-corrected chi connectivity index (χ3v) is 2.81. The van der Waals surface area contributed by atoms with Gasteiger partial charge in [0, 0.05) is 11.4 Å². The molecule has 0 saturated carbocycles. The van der Waals surface area contributed by atoms with Gasteiger partial charge in [-0.3, -0.25) is 4.79 Å². The van der Waals surface area contributed by atoms with E-state index in [1.54, 1.807) is 0 Å². The fourth-order valence-corrected chi connectivity index (χ4v) is 2.10. The van der Waals surface area contributed by atoms with Gasteiger partial charge >= 0.3 is 5.97 Å². The molecule has 0 aliphatic carbocycles. The molecule has 1 aromatic rings. The van der Waals surface area contributed by atoms with Gasteiger partial charge in [-0.2, -0.15) is 0 Å². The summed E-state index contributed by atoms with van der Waals surface area (Å²) in [6, 6.07) is -0.101. The number of rotatable bonds is 4. The van der Waals surface area contributed by atoms with E-state index in [0.29, 0.717) is 0 Å². The lowest BCUT2D eigenvalue weighted by atomic mass is 10.2. The van der Waals surface area contributed by atoms with Gasteiger partial charge in [-0.15, -0.1) is 11.3 Å². The number of nitrogens with one attached hydrogen (secondary N) is 1. The largest absolute Gasteiger partial charge is 0.481 e. The predicted octanol–water partition coefficient (Wildman–Crippen LogP) is 2.18. The molecule has 0 saturated heterocycles. The van der Waals surface area contributed by atoms with Crippen LogP contribution in [0.3, 0.4) is 0 Å². The van der Waals surface area contributed by atoms with Crippen LogP contribution in [0.5, 0.6) is 0 Å². The van der Waals surface area contributed by atoms with Gasteiger partial charge in [0.25, 0.3) is 0 Å². The van der Waals surface area contributed by atoms with Crippen molar-refractivity contribution in [1.29, 1.82) is 0 Å². The maximum absolute atomic E-state index is 10.3. The first-order valence-corrected chi connectivity index (χ1v) is 5.34. The Morgan fingerprint density at radius 1 is 1.92 bits per heavy atom. The maximum atomic E-state index is 10.3. The van der Waals surface area contributed by atoms with E-state index in [-0.39, 0.29) is 12.5 Å². The van der Waals surface area contributed by atoms with Crippen LogP contribution in [0.4, 0.5) is 5.13 Å². The number of aromatic nitrogens is 1. The zero-order chi connectivity index (χ0) is 9.84. The Kier molecular flexibility index (Phi) is 3.68. The van der Waals surface area contributed by atoms with E-state index < -0.39 is 5.97 Å². The number of anilines is 1. The normalized spacial score (nSPS) is 12.5. The summed E-state index contributed by atoms with van der Waals surface area (Å²) in [5, 5.41) is 14.1. The Labute approximate surface area is 88.1 Å². The van der Waals surface area contributed by atoms with E-state index in [1.165, 1.54) is 11.3 Å². The van der Waals surface area contributed by atoms with Crippen LogP contribution in [0, 0.1) is 0 Å². The van der Waals surface area contributed by atoms with Crippen LogP contribution in [0.15, 0.2) is 9.98 Å². The Morgan fingerprint density at radius 2 is 2.62 bits per heavy atom. The summed E-state index contributed by atoms with van der Waals surface area (Å²) in [5.74, 6) is -0.810. The molecule has 2 N–H and O–H groups in total. The minimum atomic E-state index is -0.810. The zero-order valence-corrected chi connectivity index (χ0v) is 9.35. The van der Waals surface area contributed by atoms with Crippen molar-refractivity contribution in [3.8, 4) is 0 Å². The smallest absolute Gasteiger partial charge is 0.305 e. The molecule has 1 rings (SSSR count). The molecule has 13 heavy (non-hydrogen) atoms. The Morgan fingerprint density at radius 3 is 3.08 bits per heavy atom. The topological polar surface area (TPSA) is 62.2 Å². The fourth-order valence-electron chi connectivity index (χ4n) is 0.844. The lowest BCUT2D eigenvalue weighted by molar-refractivity contribution is -0.137. The standard InChI is InChI=1S/C7H9BrN2O2S/c1-4(2-6(11)12)9-7-10-5(8)3-13-7/h3-4H,2H2,1H3,(H,9,10)(H,11,12). The van der Waals surface area contributed by atoms with E-state index >= 15 is 0 Å². The van der Waals surface area contributed by atoms with Gasteiger partial charge in [0.05, 0.1) is 6.42 Å². The average molecular weight is 265 g/mol. The highest BCUT2D eigenvalue weighted by atomic mass is 79.9. The minimum absolute atomic E-state index is 0.0944. The van der Waals surface area contributed by atoms with Gasteiger partial charge in [0.2, 0.25) is 0 Å². The second kappa shape index (κ2) is 4.57. The third-order valence-electron chi connectivity index (χ3n) is 1.33. The monoisotopic (exact) mass is 264 g/mol. The van der Waals surface area contributed by atoms with Crippen LogP contribution in [-0.2, 0) is 4.79 Å². The van der Waals surface area contributed by atoms with E-state index in [4.69, 9.17) is 5.11 Å². The predicted molar refractivity (Wildman–Crippen MR) is 55.2 cm³/mol. The SMILES string of the molecule is CC(CC(=O)O)Nc1nc(Br)cs1. The molecule has 0 amide bonds. The summed E-state index contributed by atoms with van der Waals surface area (Å²) < 4.78 is 0.766. The highest BCUT2D eigenvalue weighted by Crippen LogP contribution is 2.20. The van der Waals surface area contributed by atoms with E-state index in [1.807, 2.05) is 12.3 Å². The van der Waals surface area contributed by atoms with E-state index in [0.717, 1.165) is 9.73 Å². The Hall–Kier alpha value is -0.620. The molecule has 4 nitrogen and oxygen atoms in total. The van der Waals surface area contributed by atoms with Crippen molar-refractivity contribution < 1.29 is 9.90 Å². The molecule has 1 atom stereocenters. The van der Waals surface area contributed by atoms with Crippen LogP contribution in [0.25, 0.3) is 0 Å². The van der Waals surface area contributed by atoms with Gasteiger partial charge in [-0.05, 0) is 22.9 Å². The van der Waals surface area contributed by atoms with Crippen molar-refractivity contribution in [3.05, 3.63) is 9.98 Å². The van der Waals surface area contributed by atoms with Crippen LogP contribution in [0.1, 0.15) is 13.3 Å². The van der Waals surface area contributed by atoms with E-state index in [2.05, 4.69) is 26.2 Å². The second-order valence-corrected chi connectivity index (χ2v) is 4.29. The molecule has 1 unspecified atom stereocenters. The summed E-state index contributed by atoms with van der Waals surface area (Å²) in [4.78, 5) is 14.4. The van der Waals surface area contributed by atoms with Gasteiger partial charge in [-0.25, -0.2) is 4.98 Å². The number of halogens is 1. The molecule has 1 aromatic heterocycles. The maximum Gasteiger partial charge on any atom is 0.305 e. The van der Waals surface area contributed by atoms with Gasteiger partial charge in [0.15, 0.2) is 5.13 Å². The first-order valence-electron chi connectivity index (χ1n) is 3.67. The number of thiazole rings is 1. The third kappa shape index (κ3) is 3.73. The molecule has 0 radical (unpaired) electrons. The molecular formula is C7H9BrN2O2S. The Bertz CT molecular complexity index is 302. The molecule has 72 valence electrons. The minimum Gasteiger partial charge on any atom is -0.481 e. The second-order valence-electron chi connectivity index (χ2n) is 2.62. The highest BCUT2D eigenvalue weighted by Gasteiger charge is 2.08. The van der Waals surface area contributed by atoms with Crippen LogP contribution in [-0.4, -0.2) is 22.1 Å². The number of aliphatic carboxylic acids is 1. The number of carboxylic acids is 1. The van der Waals surface area contributed by atoms with Crippen LogP contribution >= 0.6 is 27.3 Å². The lowest BCUT2D eigenvalue weighted by Crippen LogP contribution is -2.18. The van der Waals surface area contributed by atoms with Crippen molar-refractivity contribution in [2.24, 2.45) is 0 Å². The molecule has 0 aliphatic heterocycles. The van der Waals surface area contributed by atoms with Gasteiger partial charge < -0.3 is 10.4 Å². The molecule has 1 heterocycles. The average Bonchev–Trinajstić information content (AvgIpc) is 2.33.